The molecule has 0 aliphatic carbocycles. The van der Waals surface area contributed by atoms with Gasteiger partial charge in [0.15, 0.2) is 0 Å². The Morgan fingerprint density at radius 1 is 1.00 bits per heavy atom. The maximum absolute atomic E-state index is 11.9. The Morgan fingerprint density at radius 3 is 1.33 bits per heavy atom. The zero-order chi connectivity index (χ0) is 9.56. The monoisotopic (exact) mass is 196 g/mol. The van der Waals surface area contributed by atoms with Crippen LogP contribution in [-0.4, -0.2) is 9.79 Å². The second-order valence-electron chi connectivity index (χ2n) is 1.72. The van der Waals surface area contributed by atoms with E-state index in [1.807, 2.05) is 0 Å². The fraction of sp³-hybridized carbons (Fsp3) is 0. The average molecular weight is 196 g/mol. The molecule has 3 nitrogen and oxygen atoms in total. The SMILES string of the molecule is Fc1ccc(F)cc1.O=[PH](O)O. The molecule has 0 bridgehead atoms. The Bertz CT molecular complexity index is 224. The zero-order valence-corrected chi connectivity index (χ0v) is 6.87. The maximum atomic E-state index is 11.9. The van der Waals surface area contributed by atoms with E-state index in [0.29, 0.717) is 0 Å². The van der Waals surface area contributed by atoms with Crippen molar-refractivity contribution in [2.24, 2.45) is 0 Å². The van der Waals surface area contributed by atoms with Crippen LogP contribution < -0.4 is 0 Å². The molecular formula is C6H7F2O3P. The number of hydrogen-bond acceptors (Lipinski definition) is 1. The van der Waals surface area contributed by atoms with Crippen molar-refractivity contribution in [2.75, 3.05) is 0 Å². The van der Waals surface area contributed by atoms with E-state index >= 15 is 0 Å². The molecule has 0 amide bonds. The second-order valence-corrected chi connectivity index (χ2v) is 2.28. The molecule has 1 aromatic rings. The van der Waals surface area contributed by atoms with Crippen LogP contribution in [0.1, 0.15) is 0 Å². The third kappa shape index (κ3) is 7.34. The van der Waals surface area contributed by atoms with Gasteiger partial charge in [0, 0.05) is 0 Å². The predicted octanol–water partition coefficient (Wildman–Crippen LogP) is 1.33. The minimum absolute atomic E-state index is 0.411. The van der Waals surface area contributed by atoms with Crippen LogP contribution in [0.5, 0.6) is 0 Å². The summed E-state index contributed by atoms with van der Waals surface area (Å²) in [6, 6.07) is 4.31. The molecule has 0 spiro atoms. The van der Waals surface area contributed by atoms with Gasteiger partial charge in [-0.1, -0.05) is 0 Å². The Kier molecular flexibility index (Phi) is 5.45. The van der Waals surface area contributed by atoms with Crippen LogP contribution >= 0.6 is 8.25 Å². The van der Waals surface area contributed by atoms with Crippen LogP contribution in [0, 0.1) is 11.6 Å². The minimum atomic E-state index is -3.13. The fourth-order valence-corrected chi connectivity index (χ4v) is 0.430. The van der Waals surface area contributed by atoms with E-state index in [1.165, 1.54) is 0 Å². The van der Waals surface area contributed by atoms with Crippen LogP contribution in [0.3, 0.4) is 0 Å². The standard InChI is InChI=1S/C6H4F2.H3O3P/c7-5-1-2-6(8)4-3-5;1-4(2)3/h1-4H;4H,(H2,1,2,3). The van der Waals surface area contributed by atoms with Gasteiger partial charge in [0.25, 0.3) is 0 Å². The lowest BCUT2D eigenvalue weighted by Crippen LogP contribution is -1.72. The molecule has 0 unspecified atom stereocenters. The molecule has 1 rings (SSSR count). The van der Waals surface area contributed by atoms with Crippen LogP contribution in [-0.2, 0) is 4.57 Å². The van der Waals surface area contributed by atoms with E-state index in [0.717, 1.165) is 24.3 Å². The lowest BCUT2D eigenvalue weighted by Gasteiger charge is -1.83. The Hall–Kier alpha value is -0.770. The molecule has 2 N–H and O–H groups in total. The Labute approximate surface area is 68.2 Å². The molecule has 0 aliphatic rings. The van der Waals surface area contributed by atoms with E-state index in [1.54, 1.807) is 0 Å². The third-order valence-corrected chi connectivity index (χ3v) is 0.804. The first-order valence-electron chi connectivity index (χ1n) is 2.85. The van der Waals surface area contributed by atoms with Crippen molar-refractivity contribution in [3.05, 3.63) is 35.9 Å². The summed E-state index contributed by atoms with van der Waals surface area (Å²) in [5, 5.41) is 0. The van der Waals surface area contributed by atoms with Gasteiger partial charge in [-0.25, -0.2) is 8.78 Å². The minimum Gasteiger partial charge on any atom is -0.326 e. The number of rotatable bonds is 0. The first-order valence-corrected chi connectivity index (χ1v) is 4.15. The zero-order valence-electron chi connectivity index (χ0n) is 5.87. The van der Waals surface area contributed by atoms with E-state index in [4.69, 9.17) is 14.4 Å². The summed E-state index contributed by atoms with van der Waals surface area (Å²) in [5.41, 5.74) is 0. The highest BCUT2D eigenvalue weighted by Crippen LogP contribution is 1.99. The topological polar surface area (TPSA) is 57.5 Å². The van der Waals surface area contributed by atoms with Crippen molar-refractivity contribution in [2.45, 2.75) is 0 Å². The van der Waals surface area contributed by atoms with Gasteiger partial charge >= 0.3 is 8.25 Å². The molecule has 12 heavy (non-hydrogen) atoms. The highest BCUT2D eigenvalue weighted by atomic mass is 31.1. The van der Waals surface area contributed by atoms with Crippen LogP contribution in [0.4, 0.5) is 8.78 Å². The molecule has 0 aliphatic heterocycles. The van der Waals surface area contributed by atoms with Crippen LogP contribution in [0.2, 0.25) is 0 Å². The van der Waals surface area contributed by atoms with Gasteiger partial charge in [0.2, 0.25) is 0 Å². The second kappa shape index (κ2) is 5.83. The summed E-state index contributed by atoms with van der Waals surface area (Å²) in [6.07, 6.45) is 0. The van der Waals surface area contributed by atoms with Gasteiger partial charge in [0.1, 0.15) is 11.6 Å². The van der Waals surface area contributed by atoms with Crippen molar-refractivity contribution in [1.82, 2.24) is 0 Å². The van der Waals surface area contributed by atoms with Crippen LogP contribution in [0.15, 0.2) is 24.3 Å². The van der Waals surface area contributed by atoms with E-state index in [2.05, 4.69) is 0 Å². The summed E-state index contributed by atoms with van der Waals surface area (Å²) in [4.78, 5) is 14.3. The van der Waals surface area contributed by atoms with Gasteiger partial charge in [-0.05, 0) is 24.3 Å². The quantitative estimate of drug-likeness (QED) is 0.615. The van der Waals surface area contributed by atoms with Crippen molar-refractivity contribution in [3.8, 4) is 0 Å². The van der Waals surface area contributed by atoms with Crippen molar-refractivity contribution in [1.29, 1.82) is 0 Å². The lowest BCUT2D eigenvalue weighted by molar-refractivity contribution is 0.405. The summed E-state index contributed by atoms with van der Waals surface area (Å²) in [7, 11) is -3.13. The normalized spacial score (nSPS) is 9.08. The van der Waals surface area contributed by atoms with Gasteiger partial charge in [-0.3, -0.25) is 4.57 Å². The Balaban J connectivity index is 0.000000261. The van der Waals surface area contributed by atoms with Gasteiger partial charge < -0.3 is 9.79 Å². The molecule has 68 valence electrons. The lowest BCUT2D eigenvalue weighted by atomic mass is 10.3. The third-order valence-electron chi connectivity index (χ3n) is 0.804. The van der Waals surface area contributed by atoms with Crippen molar-refractivity contribution < 1.29 is 23.1 Å². The van der Waals surface area contributed by atoms with Crippen molar-refractivity contribution in [3.63, 3.8) is 0 Å². The smallest absolute Gasteiger partial charge is 0.314 e. The maximum Gasteiger partial charge on any atom is 0.314 e. The molecule has 1 aromatic carbocycles. The summed E-state index contributed by atoms with van der Waals surface area (Å²) in [6.45, 7) is 0. The first-order chi connectivity index (χ1) is 5.52. The molecule has 0 heterocycles. The number of benzene rings is 1. The molecule has 0 saturated carbocycles. The summed E-state index contributed by atoms with van der Waals surface area (Å²) in [5.74, 6) is -0.821. The number of halogens is 2. The van der Waals surface area contributed by atoms with Gasteiger partial charge in [0.05, 0.1) is 0 Å². The summed E-state index contributed by atoms with van der Waals surface area (Å²) < 4.78 is 32.6. The van der Waals surface area contributed by atoms with Gasteiger partial charge in [-0.2, -0.15) is 0 Å². The van der Waals surface area contributed by atoms with Gasteiger partial charge in [-0.15, -0.1) is 0 Å². The highest BCUT2D eigenvalue weighted by Gasteiger charge is 1.86. The molecule has 0 atom stereocenters. The first kappa shape index (κ1) is 11.2. The molecule has 0 fully saturated rings. The average Bonchev–Trinajstić information content (AvgIpc) is 1.94. The number of hydrogen-bond donors (Lipinski definition) is 2. The fourth-order valence-electron chi connectivity index (χ4n) is 0.430. The molecule has 0 aromatic heterocycles. The van der Waals surface area contributed by atoms with E-state index in [9.17, 15) is 8.78 Å². The molecule has 0 radical (unpaired) electrons. The largest absolute Gasteiger partial charge is 0.326 e. The predicted molar refractivity (Wildman–Crippen MR) is 39.8 cm³/mol. The molecule has 6 heteroatoms. The molecular weight excluding hydrogens is 189 g/mol. The van der Waals surface area contributed by atoms with Crippen LogP contribution in [0.25, 0.3) is 0 Å². The van der Waals surface area contributed by atoms with Crippen molar-refractivity contribution >= 4 is 8.25 Å². The van der Waals surface area contributed by atoms with E-state index < -0.39 is 19.9 Å². The highest BCUT2D eigenvalue weighted by molar-refractivity contribution is 7.30. The molecule has 0 saturated heterocycles. The summed E-state index contributed by atoms with van der Waals surface area (Å²) >= 11 is 0. The Morgan fingerprint density at radius 2 is 1.17 bits per heavy atom. The van der Waals surface area contributed by atoms with E-state index in [-0.39, 0.29) is 0 Å².